The van der Waals surface area contributed by atoms with E-state index in [9.17, 15) is 62.3 Å². The number of aromatic nitrogens is 2. The number of carboxylic acids is 1. The Hall–Kier alpha value is -6.90. The summed E-state index contributed by atoms with van der Waals surface area (Å²) in [6.07, 6.45) is 22.7. The zero-order valence-electron chi connectivity index (χ0n) is 65.3. The van der Waals surface area contributed by atoms with Crippen molar-refractivity contribution in [2.24, 2.45) is 35.7 Å². The van der Waals surface area contributed by atoms with E-state index in [4.69, 9.17) is 5.11 Å². The largest absolute Gasteiger partial charge is 0.480 e. The highest BCUT2D eigenvalue weighted by atomic mass is 33.1. The standard InChI is InChI=1S/C15H22N6O2S2.C15H23N5O6S2.C11H16N4OS2.C11H21N3O2S2.C7H15NOS2.C6H11N3O2S2/c1-3-18-20-13-6-5-12(11-17-13)15(23)16-8-10-25-24-9-7-14(22)21-19-4-2;1-3-16-20-13(23)5-4-12(15(25)26)18-14(24)9-28-27-7-6-11(22)8-17-19-10(2)21;1-3-14-15-10-5-4-9(8-13-10)11(16)12-6-7-18-17-2;1-3-5-10(15)12-7-9-18-17-8-6-11(16)14-13-4-2;1-3-4-7(9)8-5-6-11-10-2;1-5(10)9-8-3-6(11)7-4-13-12-2/h3-6,11H,7-10H2,1-2H3,(H,16,23)(H,17,20)(H,21,22);3,8,12H,4-7,9H2,1-2H3,(H,18,24)(H,19,21)(H,20,23)(H,25,26);3-5,8H,6-7H2,1-2H3,(H,12,16)(H,13,15);4H,3,5-9H2,1-2H3,(H,12,15)(H,14,16);3-6H2,1-2H3,(H,8,9);3H,4H2,1-2H3,(H,7,11)(H,9,10)/b18-3+,19-4+;16-3+,17-8+;14-3+;13-4+;;8-3+. The van der Waals surface area contributed by atoms with Crippen LogP contribution in [0.5, 0.6) is 0 Å². The average molecular weight is 1810 g/mol. The molecule has 2 aromatic heterocycles. The molecule has 11 amide bonds. The van der Waals surface area contributed by atoms with E-state index in [1.165, 1.54) is 71.1 Å². The van der Waals surface area contributed by atoms with Gasteiger partial charge in [-0.25, -0.2) is 41.9 Å². The number of aliphatic carboxylic acids is 1. The van der Waals surface area contributed by atoms with Gasteiger partial charge < -0.3 is 37.0 Å². The van der Waals surface area contributed by atoms with E-state index >= 15 is 0 Å². The second-order valence-electron chi connectivity index (χ2n) is 20.2. The second kappa shape index (κ2) is 84.5. The summed E-state index contributed by atoms with van der Waals surface area (Å²) in [6, 6.07) is 5.65. The number of carboxylic acid groups (broad SMARTS) is 1. The van der Waals surface area contributed by atoms with Crippen molar-refractivity contribution >= 4 is 261 Å². The Morgan fingerprint density at radius 3 is 1.19 bits per heavy atom. The van der Waals surface area contributed by atoms with Gasteiger partial charge in [0.05, 0.1) is 29.0 Å². The van der Waals surface area contributed by atoms with Crippen LogP contribution in [0.3, 0.4) is 0 Å². The van der Waals surface area contributed by atoms with Crippen LogP contribution in [0.2, 0.25) is 0 Å². The number of ketones is 1. The van der Waals surface area contributed by atoms with E-state index in [2.05, 4.69) is 116 Å². The van der Waals surface area contributed by atoms with Crippen molar-refractivity contribution in [1.82, 2.24) is 69.0 Å². The van der Waals surface area contributed by atoms with Crippen molar-refractivity contribution < 1.29 is 67.4 Å². The minimum Gasteiger partial charge on any atom is -0.480 e. The number of pyridine rings is 2. The number of Topliss-reactive ketones (excluding diaryl/α,β-unsaturated/α-hetero) is 1. The Kier molecular flexibility index (Phi) is 84.1. The third-order valence-corrected chi connectivity index (χ3v) is 23.3. The number of hydrazone groups is 7. The van der Waals surface area contributed by atoms with Gasteiger partial charge >= 0.3 is 5.97 Å². The number of hydrogen-bond donors (Lipinski definition) is 14. The summed E-state index contributed by atoms with van der Waals surface area (Å²) in [7, 11) is 18.9. The lowest BCUT2D eigenvalue weighted by Crippen LogP contribution is -2.42. The second-order valence-corrected chi connectivity index (χ2v) is 36.1. The molecule has 2 aromatic rings. The first-order valence-electron chi connectivity index (χ1n) is 34.3. The van der Waals surface area contributed by atoms with Crippen molar-refractivity contribution in [2.75, 3.05) is 108 Å². The van der Waals surface area contributed by atoms with Gasteiger partial charge in [-0.3, -0.25) is 68.4 Å². The van der Waals surface area contributed by atoms with Crippen molar-refractivity contribution in [3.8, 4) is 0 Å². The van der Waals surface area contributed by atoms with Crippen LogP contribution in [0.25, 0.3) is 0 Å². The van der Waals surface area contributed by atoms with E-state index in [1.54, 1.807) is 175 Å². The summed E-state index contributed by atoms with van der Waals surface area (Å²) in [5.41, 5.74) is 17.8. The number of carbonyl (C=O) groups excluding carboxylic acids is 12. The number of anilines is 2. The Morgan fingerprint density at radius 1 is 0.416 bits per heavy atom. The lowest BCUT2D eigenvalue weighted by molar-refractivity contribution is -0.142. The number of amides is 11. The highest BCUT2D eigenvalue weighted by Crippen LogP contribution is 2.23. The normalized spacial score (nSPS) is 10.8. The fourth-order valence-electron chi connectivity index (χ4n) is 6.12. The molecule has 36 nitrogen and oxygen atoms in total. The Bertz CT molecular complexity index is 3210. The number of nitrogens with one attached hydrogen (secondary N) is 13. The molecule has 0 radical (unpaired) electrons. The monoisotopic (exact) mass is 1800 g/mol. The van der Waals surface area contributed by atoms with E-state index in [1.807, 2.05) is 32.6 Å². The molecule has 48 heteroatoms. The number of hydrogen-bond acceptors (Lipinski definition) is 36. The van der Waals surface area contributed by atoms with Crippen LogP contribution in [0.1, 0.15) is 141 Å². The first-order valence-corrected chi connectivity index (χ1v) is 49.9. The van der Waals surface area contributed by atoms with Gasteiger partial charge in [0.2, 0.25) is 47.3 Å². The molecule has 0 spiro atoms. The molecular weight excluding hydrogens is 1700 g/mol. The molecule has 2 heterocycles. The molecule has 0 saturated carbocycles. The fraction of sp³-hybridized carbons (Fsp3) is 0.538. The smallest absolute Gasteiger partial charge is 0.326 e. The zero-order chi connectivity index (χ0) is 85.2. The average Bonchev–Trinajstić information content (AvgIpc) is 0.892. The minimum absolute atomic E-state index is 0.00502. The summed E-state index contributed by atoms with van der Waals surface area (Å²) in [5.74, 6) is 3.46. The molecule has 14 N–H and O–H groups in total. The van der Waals surface area contributed by atoms with Crippen LogP contribution in [-0.2, 0) is 52.7 Å². The molecule has 0 aliphatic rings. The van der Waals surface area contributed by atoms with E-state index in [0.717, 1.165) is 60.6 Å². The summed E-state index contributed by atoms with van der Waals surface area (Å²) < 4.78 is 0. The molecule has 0 fully saturated rings. The van der Waals surface area contributed by atoms with E-state index < -0.39 is 23.8 Å². The number of rotatable bonds is 53. The lowest BCUT2D eigenvalue weighted by Gasteiger charge is -2.13. The van der Waals surface area contributed by atoms with Crippen LogP contribution in [0, 0.1) is 0 Å². The van der Waals surface area contributed by atoms with Crippen LogP contribution in [0.15, 0.2) is 72.4 Å². The predicted molar refractivity (Wildman–Crippen MR) is 485 cm³/mol. The summed E-state index contributed by atoms with van der Waals surface area (Å²) in [5, 5.41) is 50.8. The molecule has 0 aliphatic heterocycles. The quantitative estimate of drug-likeness (QED) is 0.00975. The van der Waals surface area contributed by atoms with Gasteiger partial charge in [0, 0.05) is 162 Å². The van der Waals surface area contributed by atoms with Gasteiger partial charge in [-0.2, -0.15) is 35.7 Å². The van der Waals surface area contributed by atoms with Crippen LogP contribution in [-0.4, -0.2) is 238 Å². The maximum absolute atomic E-state index is 12.0. The van der Waals surface area contributed by atoms with Crippen molar-refractivity contribution in [2.45, 2.75) is 126 Å². The molecule has 634 valence electrons. The topological polar surface area (TPSA) is 511 Å². The highest BCUT2D eigenvalue weighted by Gasteiger charge is 2.21. The fourth-order valence-corrected chi connectivity index (χ4v) is 14.8. The van der Waals surface area contributed by atoms with Crippen LogP contribution >= 0.6 is 130 Å². The molecule has 0 aromatic carbocycles. The first kappa shape index (κ1) is 112. The van der Waals surface area contributed by atoms with E-state index in [0.29, 0.717) is 85.5 Å². The molecule has 0 aliphatic carbocycles. The summed E-state index contributed by atoms with van der Waals surface area (Å²) >= 11 is 0. The van der Waals surface area contributed by atoms with Gasteiger partial charge in [0.15, 0.2) is 5.78 Å². The molecule has 1 unspecified atom stereocenters. The van der Waals surface area contributed by atoms with Gasteiger partial charge in [-0.05, 0) is 96.9 Å². The third kappa shape index (κ3) is 81.5. The molecule has 0 bridgehead atoms. The Balaban J connectivity index is -0.000000648. The Morgan fingerprint density at radius 2 is 0.805 bits per heavy atom. The predicted octanol–water partition coefficient (Wildman–Crippen LogP) is 8.19. The van der Waals surface area contributed by atoms with Gasteiger partial charge in [-0.1, -0.05) is 143 Å². The highest BCUT2D eigenvalue weighted by molar-refractivity contribution is 8.78. The van der Waals surface area contributed by atoms with Crippen LogP contribution in [0.4, 0.5) is 11.6 Å². The molecular formula is C65H108N22O14S12. The summed E-state index contributed by atoms with van der Waals surface area (Å²) in [6.45, 7) is 18.0. The number of carbonyl (C=O) groups is 13. The molecule has 113 heavy (non-hydrogen) atoms. The van der Waals surface area contributed by atoms with Crippen molar-refractivity contribution in [3.05, 3.63) is 47.8 Å². The van der Waals surface area contributed by atoms with Crippen molar-refractivity contribution in [3.63, 3.8) is 0 Å². The zero-order valence-corrected chi connectivity index (χ0v) is 75.1. The molecule has 1 atom stereocenters. The minimum atomic E-state index is -1.23. The number of nitrogens with zero attached hydrogens (tertiary/aromatic N) is 9. The molecule has 0 saturated heterocycles. The summed E-state index contributed by atoms with van der Waals surface area (Å²) in [4.78, 5) is 154. The Labute approximate surface area is 709 Å². The first-order chi connectivity index (χ1) is 54.4. The maximum atomic E-state index is 12.0. The third-order valence-electron chi connectivity index (χ3n) is 11.0. The van der Waals surface area contributed by atoms with E-state index in [-0.39, 0.29) is 84.0 Å². The van der Waals surface area contributed by atoms with Gasteiger partial charge in [0.1, 0.15) is 23.9 Å². The van der Waals surface area contributed by atoms with Gasteiger partial charge in [-0.15, -0.1) is 0 Å². The van der Waals surface area contributed by atoms with Crippen molar-refractivity contribution in [1.29, 1.82) is 0 Å². The van der Waals surface area contributed by atoms with Gasteiger partial charge in [0.25, 0.3) is 17.7 Å². The molecule has 2 rings (SSSR count). The SMILES string of the molecule is C/C=N/NC(=O)CCC(NC(=O)CSSCCC(=O)/C=N/NC(C)=O)C(=O)O.C/C=N/NC(=O)CCSSCCNC(=O)CCC.C/C=N/NC(=O)CCSSCCNC(=O)c1ccc(N/N=C/C)nc1.C/C=N/Nc1ccc(C(=O)NCCSSC)cn1.CCCC(=O)NCCSSC.CSSCNC(=O)/C=N/NC(C)=O. The lowest BCUT2D eigenvalue weighted by atomic mass is 10.1. The maximum Gasteiger partial charge on any atom is 0.326 e. The van der Waals surface area contributed by atoms with Crippen LogP contribution < -0.4 is 69.9 Å².